The van der Waals surface area contributed by atoms with E-state index in [2.05, 4.69) is 15.2 Å². The summed E-state index contributed by atoms with van der Waals surface area (Å²) in [6, 6.07) is 9.15. The van der Waals surface area contributed by atoms with Crippen LogP contribution in [-0.4, -0.2) is 30.8 Å². The Balaban J connectivity index is 1.50. The number of carbonyl (C=O) groups is 1. The van der Waals surface area contributed by atoms with Crippen molar-refractivity contribution in [1.82, 2.24) is 4.98 Å². The molecule has 0 aliphatic carbocycles. The van der Waals surface area contributed by atoms with Crippen LogP contribution in [-0.2, 0) is 0 Å². The molecular formula is C18H19N3O3. The second-order valence-corrected chi connectivity index (χ2v) is 5.97. The van der Waals surface area contributed by atoms with E-state index in [1.165, 1.54) is 19.3 Å². The number of piperidine rings is 1. The number of aromatic nitrogens is 1. The normalized spacial score (nSPS) is 16.1. The highest BCUT2D eigenvalue weighted by atomic mass is 16.7. The van der Waals surface area contributed by atoms with Crippen molar-refractivity contribution in [1.29, 1.82) is 0 Å². The van der Waals surface area contributed by atoms with Crippen LogP contribution in [0.1, 0.15) is 29.8 Å². The minimum atomic E-state index is -0.229. The molecule has 0 atom stereocenters. The molecule has 2 aliphatic rings. The Kier molecular flexibility index (Phi) is 3.94. The second kappa shape index (κ2) is 6.39. The molecule has 0 spiro atoms. The highest BCUT2D eigenvalue weighted by Gasteiger charge is 2.16. The van der Waals surface area contributed by atoms with Crippen molar-refractivity contribution < 1.29 is 14.3 Å². The van der Waals surface area contributed by atoms with E-state index in [0.717, 1.165) is 18.8 Å². The number of fused-ring (bicyclic) bond motifs is 1. The molecule has 6 heteroatoms. The fraction of sp³-hybridized carbons (Fsp3) is 0.333. The van der Waals surface area contributed by atoms with Crippen molar-refractivity contribution in [2.24, 2.45) is 0 Å². The maximum atomic E-state index is 12.5. The van der Waals surface area contributed by atoms with E-state index in [1.54, 1.807) is 24.4 Å². The average Bonchev–Trinajstić information content (AvgIpc) is 3.10. The molecule has 124 valence electrons. The number of hydrogen-bond acceptors (Lipinski definition) is 5. The van der Waals surface area contributed by atoms with Gasteiger partial charge in [0.05, 0.1) is 0 Å². The lowest BCUT2D eigenvalue weighted by Crippen LogP contribution is -2.29. The van der Waals surface area contributed by atoms with Crippen molar-refractivity contribution in [2.75, 3.05) is 30.1 Å². The largest absolute Gasteiger partial charge is 0.454 e. The molecule has 24 heavy (non-hydrogen) atoms. The first-order valence-electron chi connectivity index (χ1n) is 8.21. The number of pyridine rings is 1. The number of nitrogens with one attached hydrogen (secondary N) is 1. The highest BCUT2D eigenvalue weighted by molar-refractivity contribution is 6.03. The SMILES string of the molecule is O=C(Nc1ccc2c(c1)OCO2)c1cc(N2CCCCC2)ccn1. The van der Waals surface area contributed by atoms with E-state index >= 15 is 0 Å². The van der Waals surface area contributed by atoms with Crippen molar-refractivity contribution in [3.63, 3.8) is 0 Å². The number of anilines is 2. The van der Waals surface area contributed by atoms with Gasteiger partial charge in [-0.25, -0.2) is 0 Å². The predicted octanol–water partition coefficient (Wildman–Crippen LogP) is 3.05. The van der Waals surface area contributed by atoms with Crippen LogP contribution >= 0.6 is 0 Å². The number of nitrogens with zero attached hydrogens (tertiary/aromatic N) is 2. The van der Waals surface area contributed by atoms with E-state index in [-0.39, 0.29) is 12.7 Å². The maximum absolute atomic E-state index is 12.5. The number of carbonyl (C=O) groups excluding carboxylic acids is 1. The Morgan fingerprint density at radius 2 is 1.88 bits per heavy atom. The summed E-state index contributed by atoms with van der Waals surface area (Å²) in [6.07, 6.45) is 5.36. The average molecular weight is 325 g/mol. The van der Waals surface area contributed by atoms with Gasteiger partial charge in [-0.05, 0) is 43.5 Å². The summed E-state index contributed by atoms with van der Waals surface area (Å²) in [5.74, 6) is 1.11. The van der Waals surface area contributed by atoms with Gasteiger partial charge >= 0.3 is 0 Å². The molecule has 0 radical (unpaired) electrons. The summed E-state index contributed by atoms with van der Waals surface area (Å²) in [6.45, 7) is 2.28. The summed E-state index contributed by atoms with van der Waals surface area (Å²) in [5.41, 5.74) is 2.13. The van der Waals surface area contributed by atoms with Crippen LogP contribution in [0.2, 0.25) is 0 Å². The molecule has 1 amide bonds. The van der Waals surface area contributed by atoms with Gasteiger partial charge in [-0.2, -0.15) is 0 Å². The van der Waals surface area contributed by atoms with Gasteiger partial charge in [-0.15, -0.1) is 0 Å². The lowest BCUT2D eigenvalue weighted by molar-refractivity contribution is 0.102. The molecule has 4 rings (SSSR count). The standard InChI is InChI=1S/C18H19N3O3/c22-18(20-13-4-5-16-17(10-13)24-12-23-16)15-11-14(6-7-19-15)21-8-2-1-3-9-21/h4-7,10-11H,1-3,8-9,12H2,(H,20,22). The number of benzene rings is 1. The summed E-state index contributed by atoms with van der Waals surface area (Å²) in [7, 11) is 0. The topological polar surface area (TPSA) is 63.7 Å². The first kappa shape index (κ1) is 14.8. The quantitative estimate of drug-likeness (QED) is 0.939. The molecule has 6 nitrogen and oxygen atoms in total. The summed E-state index contributed by atoms with van der Waals surface area (Å²) in [4.78, 5) is 19.0. The zero-order valence-corrected chi connectivity index (χ0v) is 13.3. The molecular weight excluding hydrogens is 306 g/mol. The first-order chi connectivity index (χ1) is 11.8. The fourth-order valence-electron chi connectivity index (χ4n) is 3.06. The van der Waals surface area contributed by atoms with Gasteiger partial charge in [-0.1, -0.05) is 0 Å². The number of ether oxygens (including phenoxy) is 2. The molecule has 0 unspecified atom stereocenters. The van der Waals surface area contributed by atoms with Crippen molar-refractivity contribution in [3.8, 4) is 11.5 Å². The van der Waals surface area contributed by atoms with Gasteiger partial charge in [0, 0.05) is 36.7 Å². The third-order valence-corrected chi connectivity index (χ3v) is 4.33. The van der Waals surface area contributed by atoms with Gasteiger partial charge in [0.15, 0.2) is 11.5 Å². The zero-order chi connectivity index (χ0) is 16.4. The van der Waals surface area contributed by atoms with Gasteiger partial charge in [-0.3, -0.25) is 9.78 Å². The van der Waals surface area contributed by atoms with Crippen molar-refractivity contribution >= 4 is 17.3 Å². The van der Waals surface area contributed by atoms with E-state index in [1.807, 2.05) is 12.1 Å². The lowest BCUT2D eigenvalue weighted by atomic mass is 10.1. The molecule has 1 fully saturated rings. The summed E-state index contributed by atoms with van der Waals surface area (Å²) in [5, 5.41) is 2.86. The maximum Gasteiger partial charge on any atom is 0.274 e. The second-order valence-electron chi connectivity index (χ2n) is 5.97. The van der Waals surface area contributed by atoms with Crippen LogP contribution in [0.5, 0.6) is 11.5 Å². The molecule has 3 heterocycles. The summed E-state index contributed by atoms with van der Waals surface area (Å²) >= 11 is 0. The monoisotopic (exact) mass is 325 g/mol. The van der Waals surface area contributed by atoms with E-state index < -0.39 is 0 Å². The zero-order valence-electron chi connectivity index (χ0n) is 13.3. The Morgan fingerprint density at radius 3 is 2.75 bits per heavy atom. The van der Waals surface area contributed by atoms with Gasteiger partial charge in [0.1, 0.15) is 5.69 Å². The molecule has 1 aromatic carbocycles. The van der Waals surface area contributed by atoms with Gasteiger partial charge in [0.25, 0.3) is 5.91 Å². The van der Waals surface area contributed by atoms with Gasteiger partial charge < -0.3 is 19.7 Å². The minimum absolute atomic E-state index is 0.214. The molecule has 0 saturated carbocycles. The highest BCUT2D eigenvalue weighted by Crippen LogP contribution is 2.34. The van der Waals surface area contributed by atoms with E-state index in [4.69, 9.17) is 9.47 Å². The Hall–Kier alpha value is -2.76. The molecule has 2 aliphatic heterocycles. The van der Waals surface area contributed by atoms with Crippen LogP contribution in [0.15, 0.2) is 36.5 Å². The van der Waals surface area contributed by atoms with Crippen LogP contribution in [0.4, 0.5) is 11.4 Å². The third kappa shape index (κ3) is 2.99. The Labute approximate surface area is 140 Å². The van der Waals surface area contributed by atoms with Crippen molar-refractivity contribution in [2.45, 2.75) is 19.3 Å². The fourth-order valence-corrected chi connectivity index (χ4v) is 3.06. The smallest absolute Gasteiger partial charge is 0.274 e. The molecule has 2 aromatic rings. The summed E-state index contributed by atoms with van der Waals surface area (Å²) < 4.78 is 10.6. The number of hydrogen-bond donors (Lipinski definition) is 1. The minimum Gasteiger partial charge on any atom is -0.454 e. The van der Waals surface area contributed by atoms with Crippen molar-refractivity contribution in [3.05, 3.63) is 42.2 Å². The van der Waals surface area contributed by atoms with Crippen LogP contribution in [0, 0.1) is 0 Å². The predicted molar refractivity (Wildman–Crippen MR) is 90.8 cm³/mol. The van der Waals surface area contributed by atoms with Crippen LogP contribution < -0.4 is 19.7 Å². The lowest BCUT2D eigenvalue weighted by Gasteiger charge is -2.28. The number of rotatable bonds is 3. The molecule has 1 saturated heterocycles. The molecule has 1 N–H and O–H groups in total. The van der Waals surface area contributed by atoms with Crippen LogP contribution in [0.3, 0.4) is 0 Å². The molecule has 1 aromatic heterocycles. The number of amides is 1. The van der Waals surface area contributed by atoms with E-state index in [9.17, 15) is 4.79 Å². The Morgan fingerprint density at radius 1 is 1.04 bits per heavy atom. The van der Waals surface area contributed by atoms with E-state index in [0.29, 0.717) is 22.9 Å². The van der Waals surface area contributed by atoms with Crippen LogP contribution in [0.25, 0.3) is 0 Å². The Bertz CT molecular complexity index is 757. The first-order valence-corrected chi connectivity index (χ1v) is 8.21. The van der Waals surface area contributed by atoms with Gasteiger partial charge in [0.2, 0.25) is 6.79 Å². The third-order valence-electron chi connectivity index (χ3n) is 4.33. The molecule has 0 bridgehead atoms.